The highest BCUT2D eigenvalue weighted by Gasteiger charge is 2.30. The molecule has 0 aromatic heterocycles. The number of nitrogens with zero attached hydrogens (tertiary/aromatic N) is 1. The third-order valence-corrected chi connectivity index (χ3v) is 4.15. The van der Waals surface area contributed by atoms with Crippen molar-refractivity contribution in [3.63, 3.8) is 0 Å². The van der Waals surface area contributed by atoms with Crippen molar-refractivity contribution in [1.29, 1.82) is 0 Å². The highest BCUT2D eigenvalue weighted by Crippen LogP contribution is 2.19. The van der Waals surface area contributed by atoms with Crippen LogP contribution in [-0.4, -0.2) is 47.7 Å². The first-order chi connectivity index (χ1) is 11.0. The van der Waals surface area contributed by atoms with Crippen LogP contribution in [0.15, 0.2) is 24.3 Å². The molecule has 1 aliphatic rings. The second-order valence-electron chi connectivity index (χ2n) is 5.87. The normalized spacial score (nSPS) is 18.5. The van der Waals surface area contributed by atoms with Gasteiger partial charge in [-0.15, -0.1) is 0 Å². The van der Waals surface area contributed by atoms with Gasteiger partial charge >= 0.3 is 12.0 Å². The Bertz CT molecular complexity index is 561. The largest absolute Gasteiger partial charge is 0.488 e. The van der Waals surface area contributed by atoms with E-state index in [-0.39, 0.29) is 18.7 Å². The van der Waals surface area contributed by atoms with Crippen LogP contribution in [0.3, 0.4) is 0 Å². The minimum Gasteiger partial charge on any atom is -0.488 e. The summed E-state index contributed by atoms with van der Waals surface area (Å²) >= 11 is 0. The smallest absolute Gasteiger partial charge is 0.317 e. The summed E-state index contributed by atoms with van der Waals surface area (Å²) in [5.41, 5.74) is 1.06. The molecular weight excluding hydrogens is 296 g/mol. The van der Waals surface area contributed by atoms with E-state index in [1.165, 1.54) is 0 Å². The Balaban J connectivity index is 1.82. The first-order valence-corrected chi connectivity index (χ1v) is 7.99. The van der Waals surface area contributed by atoms with Crippen molar-refractivity contribution in [2.24, 2.45) is 5.92 Å². The van der Waals surface area contributed by atoms with Gasteiger partial charge in [0.25, 0.3) is 0 Å². The fraction of sp³-hybridized carbons (Fsp3) is 0.529. The van der Waals surface area contributed by atoms with E-state index in [9.17, 15) is 9.59 Å². The van der Waals surface area contributed by atoms with Gasteiger partial charge in [-0.05, 0) is 31.4 Å². The van der Waals surface area contributed by atoms with Gasteiger partial charge in [-0.3, -0.25) is 4.79 Å². The summed E-state index contributed by atoms with van der Waals surface area (Å²) in [4.78, 5) is 24.6. The minimum atomic E-state index is -0.838. The number of carbonyl (C=O) groups excluding carboxylic acids is 1. The van der Waals surface area contributed by atoms with Crippen molar-refractivity contribution < 1.29 is 19.4 Å². The second kappa shape index (κ2) is 7.85. The molecule has 1 aromatic carbocycles. The number of urea groups is 1. The number of likely N-dealkylation sites (tertiary alicyclic amines) is 1. The van der Waals surface area contributed by atoms with Gasteiger partial charge in [0.15, 0.2) is 0 Å². The molecule has 1 heterocycles. The molecule has 1 fully saturated rings. The summed E-state index contributed by atoms with van der Waals surface area (Å²) < 4.78 is 5.94. The molecule has 0 bridgehead atoms. The number of rotatable bonds is 6. The number of benzene rings is 1. The number of carboxylic acid groups (broad SMARTS) is 1. The molecule has 2 N–H and O–H groups in total. The van der Waals surface area contributed by atoms with E-state index in [1.54, 1.807) is 4.90 Å². The van der Waals surface area contributed by atoms with Gasteiger partial charge in [-0.1, -0.05) is 25.1 Å². The summed E-state index contributed by atoms with van der Waals surface area (Å²) in [5.74, 6) is -0.471. The van der Waals surface area contributed by atoms with E-state index < -0.39 is 11.9 Å². The van der Waals surface area contributed by atoms with Crippen molar-refractivity contribution in [2.75, 3.05) is 19.6 Å². The number of hydrogen-bond acceptors (Lipinski definition) is 3. The summed E-state index contributed by atoms with van der Waals surface area (Å²) in [6.07, 6.45) is 1.17. The number of hydrogen-bond donors (Lipinski definition) is 2. The molecule has 23 heavy (non-hydrogen) atoms. The van der Waals surface area contributed by atoms with E-state index >= 15 is 0 Å². The van der Waals surface area contributed by atoms with Crippen molar-refractivity contribution in [1.82, 2.24) is 10.2 Å². The SMILES string of the molecule is CCC(CNC(=O)N1CCC(C(=O)O)C1)Oc1ccccc1C. The number of carbonyl (C=O) groups is 2. The van der Waals surface area contributed by atoms with Crippen LogP contribution in [-0.2, 0) is 4.79 Å². The van der Waals surface area contributed by atoms with Crippen LogP contribution in [0.4, 0.5) is 4.79 Å². The number of aryl methyl sites for hydroxylation is 1. The molecule has 1 aliphatic heterocycles. The van der Waals surface area contributed by atoms with Crippen LogP contribution in [0.25, 0.3) is 0 Å². The maximum absolute atomic E-state index is 12.1. The lowest BCUT2D eigenvalue weighted by atomic mass is 10.1. The van der Waals surface area contributed by atoms with Crippen molar-refractivity contribution in [2.45, 2.75) is 32.8 Å². The van der Waals surface area contributed by atoms with E-state index in [0.29, 0.717) is 19.5 Å². The second-order valence-corrected chi connectivity index (χ2v) is 5.87. The molecule has 0 saturated carbocycles. The number of carboxylic acids is 1. The number of nitrogens with one attached hydrogen (secondary N) is 1. The lowest BCUT2D eigenvalue weighted by Gasteiger charge is -2.22. The van der Waals surface area contributed by atoms with Gasteiger partial charge in [0.2, 0.25) is 0 Å². The molecule has 2 atom stereocenters. The highest BCUT2D eigenvalue weighted by molar-refractivity contribution is 5.77. The average molecular weight is 320 g/mol. The summed E-state index contributed by atoms with van der Waals surface area (Å²) in [5, 5.41) is 11.8. The molecule has 2 rings (SSSR count). The number of ether oxygens (including phenoxy) is 1. The fourth-order valence-electron chi connectivity index (χ4n) is 2.60. The van der Waals surface area contributed by atoms with Gasteiger partial charge in [0.05, 0.1) is 12.5 Å². The first-order valence-electron chi connectivity index (χ1n) is 7.99. The molecule has 0 radical (unpaired) electrons. The Kier molecular flexibility index (Phi) is 5.84. The molecule has 126 valence electrons. The molecule has 1 aromatic rings. The lowest BCUT2D eigenvalue weighted by Crippen LogP contribution is -2.43. The Labute approximate surface area is 136 Å². The third kappa shape index (κ3) is 4.61. The van der Waals surface area contributed by atoms with E-state index in [4.69, 9.17) is 9.84 Å². The maximum atomic E-state index is 12.1. The average Bonchev–Trinajstić information content (AvgIpc) is 3.03. The van der Waals surface area contributed by atoms with Crippen LogP contribution in [0.2, 0.25) is 0 Å². The topological polar surface area (TPSA) is 78.9 Å². The van der Waals surface area contributed by atoms with Gasteiger partial charge in [0, 0.05) is 13.1 Å². The van der Waals surface area contributed by atoms with Crippen LogP contribution in [0.1, 0.15) is 25.3 Å². The molecule has 0 aliphatic carbocycles. The predicted octanol–water partition coefficient (Wildman–Crippen LogP) is 2.27. The van der Waals surface area contributed by atoms with E-state index in [2.05, 4.69) is 5.32 Å². The Morgan fingerprint density at radius 1 is 1.43 bits per heavy atom. The molecule has 1 saturated heterocycles. The Morgan fingerprint density at radius 3 is 2.78 bits per heavy atom. The van der Waals surface area contributed by atoms with Crippen LogP contribution < -0.4 is 10.1 Å². The standard InChI is InChI=1S/C17H24N2O4/c1-3-14(23-15-7-5-4-6-12(15)2)10-18-17(22)19-9-8-13(11-19)16(20)21/h4-7,13-14H,3,8-11H2,1-2H3,(H,18,22)(H,20,21). The monoisotopic (exact) mass is 320 g/mol. The van der Waals surface area contributed by atoms with Gasteiger partial charge < -0.3 is 20.1 Å². The molecular formula is C17H24N2O4. The van der Waals surface area contributed by atoms with Crippen LogP contribution in [0, 0.1) is 12.8 Å². The summed E-state index contributed by atoms with van der Waals surface area (Å²) in [6, 6.07) is 7.55. The maximum Gasteiger partial charge on any atom is 0.317 e. The van der Waals surface area contributed by atoms with Gasteiger partial charge in [0.1, 0.15) is 11.9 Å². The molecule has 6 heteroatoms. The van der Waals surface area contributed by atoms with Crippen molar-refractivity contribution in [3.05, 3.63) is 29.8 Å². The molecule has 2 amide bonds. The van der Waals surface area contributed by atoms with Gasteiger partial charge in [-0.2, -0.15) is 0 Å². The zero-order chi connectivity index (χ0) is 16.8. The van der Waals surface area contributed by atoms with Crippen molar-refractivity contribution in [3.8, 4) is 5.75 Å². The highest BCUT2D eigenvalue weighted by atomic mass is 16.5. The zero-order valence-corrected chi connectivity index (χ0v) is 13.6. The third-order valence-electron chi connectivity index (χ3n) is 4.15. The number of amides is 2. The lowest BCUT2D eigenvalue weighted by molar-refractivity contribution is -0.141. The van der Waals surface area contributed by atoms with Crippen LogP contribution in [0.5, 0.6) is 5.75 Å². The summed E-state index contributed by atoms with van der Waals surface area (Å²) in [7, 11) is 0. The van der Waals surface area contributed by atoms with Crippen LogP contribution >= 0.6 is 0 Å². The number of para-hydroxylation sites is 1. The number of aliphatic carboxylic acids is 1. The fourth-order valence-corrected chi connectivity index (χ4v) is 2.60. The molecule has 2 unspecified atom stereocenters. The molecule has 0 spiro atoms. The zero-order valence-electron chi connectivity index (χ0n) is 13.6. The summed E-state index contributed by atoms with van der Waals surface area (Å²) in [6.45, 7) is 5.15. The Hall–Kier alpha value is -2.24. The molecule has 6 nitrogen and oxygen atoms in total. The quantitative estimate of drug-likeness (QED) is 0.843. The Morgan fingerprint density at radius 2 is 2.17 bits per heavy atom. The van der Waals surface area contributed by atoms with E-state index in [0.717, 1.165) is 17.7 Å². The minimum absolute atomic E-state index is 0.113. The van der Waals surface area contributed by atoms with Gasteiger partial charge in [-0.25, -0.2) is 4.79 Å². The predicted molar refractivity (Wildman–Crippen MR) is 86.6 cm³/mol. The first kappa shape index (κ1) is 17.1. The van der Waals surface area contributed by atoms with Crippen molar-refractivity contribution >= 4 is 12.0 Å². The van der Waals surface area contributed by atoms with E-state index in [1.807, 2.05) is 38.1 Å².